The SMILES string of the molecule is C=C(C)CN1C(=O)C(C(C)C)Oc2ccc(N)cc21. The molecule has 102 valence electrons. The van der Waals surface area contributed by atoms with Gasteiger partial charge < -0.3 is 15.4 Å². The molecule has 1 atom stereocenters. The van der Waals surface area contributed by atoms with E-state index >= 15 is 0 Å². The Hall–Kier alpha value is -1.97. The van der Waals surface area contributed by atoms with Crippen LogP contribution in [0.4, 0.5) is 11.4 Å². The molecule has 19 heavy (non-hydrogen) atoms. The van der Waals surface area contributed by atoms with E-state index in [1.807, 2.05) is 26.8 Å². The van der Waals surface area contributed by atoms with Gasteiger partial charge in [0.15, 0.2) is 6.10 Å². The second kappa shape index (κ2) is 4.96. The molecule has 2 N–H and O–H groups in total. The molecule has 0 aromatic heterocycles. The second-order valence-electron chi connectivity index (χ2n) is 5.39. The number of carbonyl (C=O) groups is 1. The first-order valence-electron chi connectivity index (χ1n) is 6.42. The van der Waals surface area contributed by atoms with Crippen molar-refractivity contribution in [2.45, 2.75) is 26.9 Å². The summed E-state index contributed by atoms with van der Waals surface area (Å²) in [6.07, 6.45) is -0.449. The molecule has 1 aromatic rings. The predicted molar refractivity (Wildman–Crippen MR) is 77.3 cm³/mol. The van der Waals surface area contributed by atoms with Gasteiger partial charge in [-0.25, -0.2) is 0 Å². The first-order chi connectivity index (χ1) is 8.90. The summed E-state index contributed by atoms with van der Waals surface area (Å²) in [4.78, 5) is 14.2. The lowest BCUT2D eigenvalue weighted by Gasteiger charge is -2.36. The van der Waals surface area contributed by atoms with Crippen LogP contribution in [0.1, 0.15) is 20.8 Å². The molecular weight excluding hydrogens is 240 g/mol. The van der Waals surface area contributed by atoms with Crippen LogP contribution in [0.3, 0.4) is 0 Å². The van der Waals surface area contributed by atoms with E-state index in [2.05, 4.69) is 6.58 Å². The Labute approximate surface area is 113 Å². The Morgan fingerprint density at radius 1 is 1.53 bits per heavy atom. The zero-order valence-electron chi connectivity index (χ0n) is 11.6. The van der Waals surface area contributed by atoms with Crippen LogP contribution >= 0.6 is 0 Å². The number of hydrogen-bond acceptors (Lipinski definition) is 3. The van der Waals surface area contributed by atoms with Crippen LogP contribution in [0.15, 0.2) is 30.4 Å². The molecular formula is C15H20N2O2. The maximum Gasteiger partial charge on any atom is 0.268 e. The smallest absolute Gasteiger partial charge is 0.268 e. The fraction of sp³-hybridized carbons (Fsp3) is 0.400. The predicted octanol–water partition coefficient (Wildman–Crippen LogP) is 2.59. The number of rotatable bonds is 3. The van der Waals surface area contributed by atoms with Gasteiger partial charge in [-0.15, -0.1) is 0 Å². The van der Waals surface area contributed by atoms with Gasteiger partial charge in [-0.05, 0) is 31.0 Å². The highest BCUT2D eigenvalue weighted by atomic mass is 16.5. The van der Waals surface area contributed by atoms with Crippen LogP contribution in [-0.2, 0) is 4.79 Å². The van der Waals surface area contributed by atoms with Gasteiger partial charge in [0.2, 0.25) is 0 Å². The monoisotopic (exact) mass is 260 g/mol. The van der Waals surface area contributed by atoms with Crippen LogP contribution in [0.2, 0.25) is 0 Å². The first-order valence-corrected chi connectivity index (χ1v) is 6.42. The summed E-state index contributed by atoms with van der Waals surface area (Å²) < 4.78 is 5.80. The van der Waals surface area contributed by atoms with E-state index in [0.29, 0.717) is 18.0 Å². The van der Waals surface area contributed by atoms with E-state index in [1.165, 1.54) is 0 Å². The van der Waals surface area contributed by atoms with Crippen LogP contribution < -0.4 is 15.4 Å². The number of nitrogens with two attached hydrogens (primary N) is 1. The molecule has 0 radical (unpaired) electrons. The maximum absolute atomic E-state index is 12.5. The number of benzene rings is 1. The van der Waals surface area contributed by atoms with E-state index in [0.717, 1.165) is 11.3 Å². The average molecular weight is 260 g/mol. The Morgan fingerprint density at radius 2 is 2.21 bits per heavy atom. The number of amides is 1. The molecule has 1 aliphatic rings. The molecule has 1 amide bonds. The van der Waals surface area contributed by atoms with Gasteiger partial charge in [0.25, 0.3) is 5.91 Å². The molecule has 0 saturated heterocycles. The summed E-state index contributed by atoms with van der Waals surface area (Å²) in [6.45, 7) is 10.2. The normalized spacial score (nSPS) is 18.2. The molecule has 1 unspecified atom stereocenters. The van der Waals surface area contributed by atoms with Crippen molar-refractivity contribution in [2.75, 3.05) is 17.2 Å². The summed E-state index contributed by atoms with van der Waals surface area (Å²) in [5.41, 5.74) is 8.06. The van der Waals surface area contributed by atoms with Gasteiger partial charge in [-0.3, -0.25) is 4.79 Å². The molecule has 4 heteroatoms. The number of nitrogen functional groups attached to an aromatic ring is 1. The third-order valence-electron chi connectivity index (χ3n) is 3.07. The zero-order valence-corrected chi connectivity index (χ0v) is 11.6. The minimum atomic E-state index is -0.449. The van der Waals surface area contributed by atoms with E-state index < -0.39 is 6.10 Å². The molecule has 1 aliphatic heterocycles. The number of ether oxygens (including phenoxy) is 1. The largest absolute Gasteiger partial charge is 0.478 e. The van der Waals surface area contributed by atoms with Crippen molar-refractivity contribution in [1.29, 1.82) is 0 Å². The van der Waals surface area contributed by atoms with Crippen molar-refractivity contribution in [3.63, 3.8) is 0 Å². The van der Waals surface area contributed by atoms with E-state index in [9.17, 15) is 4.79 Å². The molecule has 0 saturated carbocycles. The lowest BCUT2D eigenvalue weighted by molar-refractivity contribution is -0.128. The first kappa shape index (κ1) is 13.5. The number of carbonyl (C=O) groups excluding carboxylic acids is 1. The Balaban J connectivity index is 2.47. The third-order valence-corrected chi connectivity index (χ3v) is 3.07. The van der Waals surface area contributed by atoms with Crippen molar-refractivity contribution in [2.24, 2.45) is 5.92 Å². The fourth-order valence-electron chi connectivity index (χ4n) is 2.16. The number of fused-ring (bicyclic) bond motifs is 1. The zero-order chi connectivity index (χ0) is 14.2. The number of hydrogen-bond donors (Lipinski definition) is 1. The van der Waals surface area contributed by atoms with Gasteiger partial charge in [0.05, 0.1) is 5.69 Å². The van der Waals surface area contributed by atoms with E-state index in [1.54, 1.807) is 17.0 Å². The molecule has 0 fully saturated rings. The van der Waals surface area contributed by atoms with Crippen molar-refractivity contribution in [3.05, 3.63) is 30.4 Å². The lowest BCUT2D eigenvalue weighted by Crippen LogP contribution is -2.48. The van der Waals surface area contributed by atoms with Crippen molar-refractivity contribution >= 4 is 17.3 Å². The molecule has 0 bridgehead atoms. The van der Waals surface area contributed by atoms with Crippen LogP contribution in [-0.4, -0.2) is 18.6 Å². The van der Waals surface area contributed by atoms with Gasteiger partial charge >= 0.3 is 0 Å². The van der Waals surface area contributed by atoms with Crippen molar-refractivity contribution < 1.29 is 9.53 Å². The lowest BCUT2D eigenvalue weighted by atomic mass is 10.0. The highest BCUT2D eigenvalue weighted by Crippen LogP contribution is 2.37. The molecule has 0 spiro atoms. The maximum atomic E-state index is 12.5. The van der Waals surface area contributed by atoms with Crippen LogP contribution in [0.5, 0.6) is 5.75 Å². The minimum Gasteiger partial charge on any atom is -0.478 e. The minimum absolute atomic E-state index is 0.0314. The standard InChI is InChI=1S/C15H20N2O2/c1-9(2)8-17-12-7-11(16)5-6-13(12)19-14(10(3)4)15(17)18/h5-7,10,14H,1,8,16H2,2-4H3. The number of nitrogens with zero attached hydrogens (tertiary/aromatic N) is 1. The highest BCUT2D eigenvalue weighted by molar-refractivity contribution is 6.01. The van der Waals surface area contributed by atoms with Crippen LogP contribution in [0, 0.1) is 5.92 Å². The number of anilines is 2. The quantitative estimate of drug-likeness (QED) is 0.671. The summed E-state index contributed by atoms with van der Waals surface area (Å²) in [5.74, 6) is 0.788. The fourth-order valence-corrected chi connectivity index (χ4v) is 2.16. The molecule has 2 rings (SSSR count). The van der Waals surface area contributed by atoms with Crippen molar-refractivity contribution in [1.82, 2.24) is 0 Å². The summed E-state index contributed by atoms with van der Waals surface area (Å²) >= 11 is 0. The van der Waals surface area contributed by atoms with Crippen LogP contribution in [0.25, 0.3) is 0 Å². The van der Waals surface area contributed by atoms with E-state index in [-0.39, 0.29) is 11.8 Å². The molecule has 1 aromatic carbocycles. The average Bonchev–Trinajstić information content (AvgIpc) is 2.32. The Bertz CT molecular complexity index is 523. The third kappa shape index (κ3) is 2.57. The highest BCUT2D eigenvalue weighted by Gasteiger charge is 2.36. The van der Waals surface area contributed by atoms with Crippen molar-refractivity contribution in [3.8, 4) is 5.75 Å². The Morgan fingerprint density at radius 3 is 2.79 bits per heavy atom. The van der Waals surface area contributed by atoms with Gasteiger partial charge in [0.1, 0.15) is 5.75 Å². The summed E-state index contributed by atoms with van der Waals surface area (Å²) in [7, 11) is 0. The van der Waals surface area contributed by atoms with Gasteiger partial charge in [-0.2, -0.15) is 0 Å². The molecule has 4 nitrogen and oxygen atoms in total. The second-order valence-corrected chi connectivity index (χ2v) is 5.39. The van der Waals surface area contributed by atoms with Gasteiger partial charge in [-0.1, -0.05) is 26.0 Å². The van der Waals surface area contributed by atoms with Gasteiger partial charge in [0, 0.05) is 12.2 Å². The van der Waals surface area contributed by atoms with E-state index in [4.69, 9.17) is 10.5 Å². The summed E-state index contributed by atoms with van der Waals surface area (Å²) in [6, 6.07) is 5.37. The molecule has 0 aliphatic carbocycles. The summed E-state index contributed by atoms with van der Waals surface area (Å²) in [5, 5.41) is 0. The Kier molecular flexibility index (Phi) is 3.51. The molecule has 1 heterocycles. The topological polar surface area (TPSA) is 55.6 Å².